The number of halogens is 1. The van der Waals surface area contributed by atoms with Crippen molar-refractivity contribution in [3.8, 4) is 0 Å². The van der Waals surface area contributed by atoms with Crippen molar-refractivity contribution in [1.82, 2.24) is 0 Å². The van der Waals surface area contributed by atoms with E-state index in [0.717, 1.165) is 0 Å². The quantitative estimate of drug-likeness (QED) is 0.802. The molecule has 2 rings (SSSR count). The van der Waals surface area contributed by atoms with Gasteiger partial charge in [-0.05, 0) is 25.1 Å². The van der Waals surface area contributed by atoms with Gasteiger partial charge in [0.05, 0.1) is 11.8 Å². The molecule has 104 valence electrons. The van der Waals surface area contributed by atoms with Crippen LogP contribution >= 0.6 is 0 Å². The van der Waals surface area contributed by atoms with Crippen molar-refractivity contribution in [2.24, 2.45) is 0 Å². The van der Waals surface area contributed by atoms with Crippen LogP contribution in [0, 0.1) is 5.82 Å². The first kappa shape index (κ1) is 14.0. The molecule has 0 aliphatic carbocycles. The highest BCUT2D eigenvalue weighted by Gasteiger charge is 2.11. The monoisotopic (exact) mass is 274 g/mol. The molecule has 0 saturated heterocycles. The lowest BCUT2D eigenvalue weighted by atomic mass is 10.1. The maximum Gasteiger partial charge on any atom is 0.323 e. The van der Waals surface area contributed by atoms with Crippen LogP contribution in [0.5, 0.6) is 0 Å². The highest BCUT2D eigenvalue weighted by molar-refractivity contribution is 6.00. The van der Waals surface area contributed by atoms with Crippen LogP contribution in [-0.4, -0.2) is 11.1 Å². The Hall–Kier alpha value is -2.40. The van der Waals surface area contributed by atoms with E-state index in [1.807, 2.05) is 0 Å². The minimum absolute atomic E-state index is 0.0968. The van der Waals surface area contributed by atoms with Crippen LogP contribution in [0.25, 0.3) is 0 Å². The van der Waals surface area contributed by atoms with Crippen molar-refractivity contribution in [2.45, 2.75) is 13.0 Å². The van der Waals surface area contributed by atoms with Crippen molar-refractivity contribution >= 4 is 17.4 Å². The van der Waals surface area contributed by atoms with Gasteiger partial charge in [-0.15, -0.1) is 0 Å². The van der Waals surface area contributed by atoms with Crippen molar-refractivity contribution in [3.05, 3.63) is 59.9 Å². The third kappa shape index (κ3) is 3.33. The van der Waals surface area contributed by atoms with Crippen molar-refractivity contribution in [2.75, 3.05) is 10.6 Å². The molecule has 20 heavy (non-hydrogen) atoms. The van der Waals surface area contributed by atoms with Crippen molar-refractivity contribution in [3.63, 3.8) is 0 Å². The maximum atomic E-state index is 13.4. The molecule has 0 spiro atoms. The van der Waals surface area contributed by atoms with Crippen LogP contribution in [0.15, 0.2) is 48.5 Å². The van der Waals surface area contributed by atoms with E-state index in [4.69, 9.17) is 0 Å². The number of anilines is 2. The summed E-state index contributed by atoms with van der Waals surface area (Å²) in [6.45, 7) is 1.61. The molecule has 0 aromatic heterocycles. The first-order valence-electron chi connectivity index (χ1n) is 6.17. The molecule has 2 aromatic rings. The van der Waals surface area contributed by atoms with Crippen LogP contribution in [0.4, 0.5) is 20.6 Å². The van der Waals surface area contributed by atoms with Gasteiger partial charge in [-0.2, -0.15) is 0 Å². The molecule has 4 nitrogen and oxygen atoms in total. The number of nitrogens with one attached hydrogen (secondary N) is 2. The van der Waals surface area contributed by atoms with Gasteiger partial charge in [0.2, 0.25) is 0 Å². The number of benzene rings is 2. The highest BCUT2D eigenvalue weighted by Crippen LogP contribution is 2.22. The normalized spacial score (nSPS) is 11.8. The van der Waals surface area contributed by atoms with E-state index in [2.05, 4.69) is 10.6 Å². The van der Waals surface area contributed by atoms with E-state index in [1.165, 1.54) is 12.1 Å². The Bertz CT molecular complexity index is 614. The number of carbonyl (C=O) groups excluding carboxylic acids is 1. The summed E-state index contributed by atoms with van der Waals surface area (Å²) in [5.41, 5.74) is 1.17. The smallest absolute Gasteiger partial charge is 0.323 e. The molecule has 0 radical (unpaired) electrons. The molecule has 0 aliphatic rings. The first-order chi connectivity index (χ1) is 9.58. The minimum atomic E-state index is -0.708. The zero-order chi connectivity index (χ0) is 14.5. The topological polar surface area (TPSA) is 61.4 Å². The van der Waals surface area contributed by atoms with Gasteiger partial charge in [-0.3, -0.25) is 0 Å². The number of rotatable bonds is 3. The number of amides is 2. The Labute approximate surface area is 116 Å². The van der Waals surface area contributed by atoms with E-state index in [-0.39, 0.29) is 5.69 Å². The number of hydrogen-bond donors (Lipinski definition) is 3. The van der Waals surface area contributed by atoms with E-state index < -0.39 is 18.0 Å². The van der Waals surface area contributed by atoms with Gasteiger partial charge < -0.3 is 15.7 Å². The summed E-state index contributed by atoms with van der Waals surface area (Å²) in [4.78, 5) is 11.8. The Kier molecular flexibility index (Phi) is 4.32. The fourth-order valence-corrected chi connectivity index (χ4v) is 1.81. The van der Waals surface area contributed by atoms with E-state index in [0.29, 0.717) is 11.3 Å². The second-order valence-electron chi connectivity index (χ2n) is 4.32. The number of para-hydroxylation sites is 2. The third-order valence-electron chi connectivity index (χ3n) is 2.78. The molecule has 2 aromatic carbocycles. The van der Waals surface area contributed by atoms with Crippen molar-refractivity contribution in [1.29, 1.82) is 0 Å². The summed E-state index contributed by atoms with van der Waals surface area (Å²) >= 11 is 0. The molecular formula is C15H15FN2O2. The van der Waals surface area contributed by atoms with E-state index in [1.54, 1.807) is 43.3 Å². The first-order valence-corrected chi connectivity index (χ1v) is 6.17. The van der Waals surface area contributed by atoms with Crippen LogP contribution in [-0.2, 0) is 0 Å². The fourth-order valence-electron chi connectivity index (χ4n) is 1.81. The van der Waals surface area contributed by atoms with Crippen LogP contribution in [0.2, 0.25) is 0 Å². The van der Waals surface area contributed by atoms with Gasteiger partial charge in [-0.1, -0.05) is 30.3 Å². The molecule has 0 bridgehead atoms. The maximum absolute atomic E-state index is 13.4. The van der Waals surface area contributed by atoms with Crippen LogP contribution in [0.1, 0.15) is 18.6 Å². The molecule has 5 heteroatoms. The van der Waals surface area contributed by atoms with E-state index >= 15 is 0 Å². The zero-order valence-electron chi connectivity index (χ0n) is 10.9. The molecule has 3 N–H and O–H groups in total. The Morgan fingerprint density at radius 1 is 1.05 bits per heavy atom. The van der Waals surface area contributed by atoms with Gasteiger partial charge in [-0.25, -0.2) is 9.18 Å². The molecule has 0 fully saturated rings. The molecule has 0 heterocycles. The molecule has 2 amide bonds. The van der Waals surface area contributed by atoms with Gasteiger partial charge in [0.25, 0.3) is 0 Å². The number of aliphatic hydroxyl groups is 1. The summed E-state index contributed by atoms with van der Waals surface area (Å²) in [6.07, 6.45) is -0.708. The lowest BCUT2D eigenvalue weighted by Crippen LogP contribution is -2.21. The number of hydrogen-bond acceptors (Lipinski definition) is 2. The SMILES string of the molecule is CC(O)c1ccccc1NC(=O)Nc1ccccc1F. The predicted octanol–water partition coefficient (Wildman–Crippen LogP) is 3.52. The average molecular weight is 274 g/mol. The molecule has 0 saturated carbocycles. The van der Waals surface area contributed by atoms with Crippen LogP contribution < -0.4 is 10.6 Å². The minimum Gasteiger partial charge on any atom is -0.389 e. The number of aliphatic hydroxyl groups excluding tert-OH is 1. The fraction of sp³-hybridized carbons (Fsp3) is 0.133. The van der Waals surface area contributed by atoms with Crippen molar-refractivity contribution < 1.29 is 14.3 Å². The predicted molar refractivity (Wildman–Crippen MR) is 76.1 cm³/mol. The molecule has 1 atom stereocenters. The van der Waals surface area contributed by atoms with Crippen LogP contribution in [0.3, 0.4) is 0 Å². The summed E-state index contributed by atoms with van der Waals surface area (Å²) in [5, 5.41) is 14.6. The molecule has 1 unspecified atom stereocenters. The summed E-state index contributed by atoms with van der Waals surface area (Å²) in [5.74, 6) is -0.508. The standard InChI is InChI=1S/C15H15FN2O2/c1-10(19)11-6-2-4-8-13(11)17-15(20)18-14-9-5-3-7-12(14)16/h2-10,19H,1H3,(H2,17,18,20). The Morgan fingerprint density at radius 3 is 2.25 bits per heavy atom. The Balaban J connectivity index is 2.11. The highest BCUT2D eigenvalue weighted by atomic mass is 19.1. The van der Waals surface area contributed by atoms with Gasteiger partial charge in [0.1, 0.15) is 5.82 Å². The second-order valence-corrected chi connectivity index (χ2v) is 4.32. The second kappa shape index (κ2) is 6.16. The van der Waals surface area contributed by atoms with E-state index in [9.17, 15) is 14.3 Å². The lowest BCUT2D eigenvalue weighted by Gasteiger charge is -2.13. The van der Waals surface area contributed by atoms with Gasteiger partial charge >= 0.3 is 6.03 Å². The van der Waals surface area contributed by atoms with Gasteiger partial charge in [0.15, 0.2) is 0 Å². The third-order valence-corrected chi connectivity index (χ3v) is 2.78. The molecular weight excluding hydrogens is 259 g/mol. The zero-order valence-corrected chi connectivity index (χ0v) is 10.9. The largest absolute Gasteiger partial charge is 0.389 e. The number of urea groups is 1. The number of carbonyl (C=O) groups is 1. The summed E-state index contributed by atoms with van der Waals surface area (Å²) in [7, 11) is 0. The lowest BCUT2D eigenvalue weighted by molar-refractivity contribution is 0.200. The average Bonchev–Trinajstić information content (AvgIpc) is 2.41. The summed E-state index contributed by atoms with van der Waals surface area (Å²) in [6, 6.07) is 12.2. The summed E-state index contributed by atoms with van der Waals surface area (Å²) < 4.78 is 13.4. The van der Waals surface area contributed by atoms with Gasteiger partial charge in [0, 0.05) is 11.3 Å². The Morgan fingerprint density at radius 2 is 1.60 bits per heavy atom. The molecule has 0 aliphatic heterocycles.